The van der Waals surface area contributed by atoms with Gasteiger partial charge >= 0.3 is 6.09 Å². The van der Waals surface area contributed by atoms with Crippen molar-refractivity contribution in [1.29, 1.82) is 0 Å². The van der Waals surface area contributed by atoms with Gasteiger partial charge in [-0.3, -0.25) is 10.3 Å². The van der Waals surface area contributed by atoms with E-state index in [0.29, 0.717) is 24.3 Å². The number of ether oxygens (including phenoxy) is 2. The fourth-order valence-electron chi connectivity index (χ4n) is 2.77. The standard InChI is InChI=1S/C20H27N3O3/c1-13(2)8-14(3)12-26-18-11-22-17(9-15(18)4)16-6-7-21-19(10-16)23-20(24)25-5/h6-7,9-11,13-14H,8,12H2,1-5H3,(H,21,23,24). The Morgan fingerprint density at radius 3 is 2.65 bits per heavy atom. The van der Waals surface area contributed by atoms with Crippen molar-refractivity contribution in [3.8, 4) is 17.0 Å². The molecular formula is C20H27N3O3. The maximum Gasteiger partial charge on any atom is 0.412 e. The van der Waals surface area contributed by atoms with E-state index in [4.69, 9.17) is 4.74 Å². The molecule has 0 bridgehead atoms. The molecule has 0 spiro atoms. The van der Waals surface area contributed by atoms with Crippen LogP contribution in [0.25, 0.3) is 11.3 Å². The highest BCUT2D eigenvalue weighted by molar-refractivity contribution is 5.84. The van der Waals surface area contributed by atoms with E-state index < -0.39 is 6.09 Å². The lowest BCUT2D eigenvalue weighted by Gasteiger charge is -2.16. The Morgan fingerprint density at radius 2 is 2.00 bits per heavy atom. The van der Waals surface area contributed by atoms with Crippen LogP contribution in [0.2, 0.25) is 0 Å². The number of hydrogen-bond donors (Lipinski definition) is 1. The molecular weight excluding hydrogens is 330 g/mol. The van der Waals surface area contributed by atoms with E-state index in [1.165, 1.54) is 7.11 Å². The lowest BCUT2D eigenvalue weighted by molar-refractivity contribution is 0.187. The smallest absolute Gasteiger partial charge is 0.412 e. The molecule has 0 aromatic carbocycles. The molecule has 2 rings (SSSR count). The molecule has 0 saturated carbocycles. The van der Waals surface area contributed by atoms with Crippen molar-refractivity contribution in [3.05, 3.63) is 36.2 Å². The molecule has 1 unspecified atom stereocenters. The number of nitrogens with one attached hydrogen (secondary N) is 1. The van der Waals surface area contributed by atoms with Gasteiger partial charge in [-0.25, -0.2) is 9.78 Å². The van der Waals surface area contributed by atoms with Crippen LogP contribution < -0.4 is 10.1 Å². The average Bonchev–Trinajstić information content (AvgIpc) is 2.60. The fourth-order valence-corrected chi connectivity index (χ4v) is 2.77. The van der Waals surface area contributed by atoms with Crippen molar-refractivity contribution in [2.45, 2.75) is 34.1 Å². The lowest BCUT2D eigenvalue weighted by Crippen LogP contribution is -2.12. The number of methoxy groups -OCH3 is 1. The maximum atomic E-state index is 11.3. The number of aromatic nitrogens is 2. The highest BCUT2D eigenvalue weighted by atomic mass is 16.5. The zero-order valence-electron chi connectivity index (χ0n) is 16.1. The van der Waals surface area contributed by atoms with E-state index in [2.05, 4.69) is 40.8 Å². The van der Waals surface area contributed by atoms with Crippen LogP contribution in [0.15, 0.2) is 30.6 Å². The first-order valence-electron chi connectivity index (χ1n) is 8.80. The van der Waals surface area contributed by atoms with Crippen molar-refractivity contribution >= 4 is 11.9 Å². The molecule has 2 aromatic heterocycles. The van der Waals surface area contributed by atoms with Gasteiger partial charge in [0.25, 0.3) is 0 Å². The van der Waals surface area contributed by atoms with Gasteiger partial charge < -0.3 is 9.47 Å². The molecule has 1 atom stereocenters. The SMILES string of the molecule is COC(=O)Nc1cc(-c2cc(C)c(OCC(C)CC(C)C)cn2)ccn1. The highest BCUT2D eigenvalue weighted by Crippen LogP contribution is 2.25. The van der Waals surface area contributed by atoms with Crippen LogP contribution in [0, 0.1) is 18.8 Å². The second kappa shape index (κ2) is 9.17. The average molecular weight is 357 g/mol. The first kappa shape index (κ1) is 19.7. The maximum absolute atomic E-state index is 11.3. The largest absolute Gasteiger partial charge is 0.491 e. The fraction of sp³-hybridized carbons (Fsp3) is 0.450. The van der Waals surface area contributed by atoms with Crippen LogP contribution in [0.4, 0.5) is 10.6 Å². The normalized spacial score (nSPS) is 11.9. The molecule has 1 amide bonds. The van der Waals surface area contributed by atoms with Gasteiger partial charge in [0.1, 0.15) is 11.6 Å². The van der Waals surface area contributed by atoms with E-state index in [1.54, 1.807) is 18.5 Å². The van der Waals surface area contributed by atoms with Crippen LogP contribution in [0.3, 0.4) is 0 Å². The molecule has 140 valence electrons. The molecule has 0 fully saturated rings. The lowest BCUT2D eigenvalue weighted by atomic mass is 10.00. The molecule has 0 saturated heterocycles. The first-order valence-corrected chi connectivity index (χ1v) is 8.80. The number of amides is 1. The zero-order chi connectivity index (χ0) is 19.1. The van der Waals surface area contributed by atoms with Gasteiger partial charge in [0, 0.05) is 11.8 Å². The van der Waals surface area contributed by atoms with Crippen LogP contribution in [0.5, 0.6) is 5.75 Å². The van der Waals surface area contributed by atoms with Crippen LogP contribution in [-0.4, -0.2) is 29.8 Å². The summed E-state index contributed by atoms with van der Waals surface area (Å²) >= 11 is 0. The topological polar surface area (TPSA) is 73.3 Å². The summed E-state index contributed by atoms with van der Waals surface area (Å²) < 4.78 is 10.5. The number of carbonyl (C=O) groups is 1. The third kappa shape index (κ3) is 5.72. The number of rotatable bonds is 7. The number of hydrogen-bond acceptors (Lipinski definition) is 5. The summed E-state index contributed by atoms with van der Waals surface area (Å²) in [4.78, 5) is 19.9. The van der Waals surface area contributed by atoms with Crippen molar-refractivity contribution in [1.82, 2.24) is 9.97 Å². The summed E-state index contributed by atoms with van der Waals surface area (Å²) in [6, 6.07) is 5.57. The number of nitrogens with zero attached hydrogens (tertiary/aromatic N) is 2. The Morgan fingerprint density at radius 1 is 1.23 bits per heavy atom. The molecule has 1 N–H and O–H groups in total. The highest BCUT2D eigenvalue weighted by Gasteiger charge is 2.10. The third-order valence-corrected chi connectivity index (χ3v) is 3.93. The van der Waals surface area contributed by atoms with Gasteiger partial charge in [-0.2, -0.15) is 0 Å². The molecule has 6 nitrogen and oxygen atoms in total. The van der Waals surface area contributed by atoms with Crippen LogP contribution in [-0.2, 0) is 4.74 Å². The number of carbonyl (C=O) groups excluding carboxylic acids is 1. The summed E-state index contributed by atoms with van der Waals surface area (Å²) in [5, 5.41) is 2.55. The van der Waals surface area contributed by atoms with Crippen molar-refractivity contribution < 1.29 is 14.3 Å². The Kier molecular flexibility index (Phi) is 6.95. The van der Waals surface area contributed by atoms with Gasteiger partial charge in [0.05, 0.1) is 25.6 Å². The van der Waals surface area contributed by atoms with Crippen LogP contribution >= 0.6 is 0 Å². The minimum atomic E-state index is -0.557. The van der Waals surface area contributed by atoms with E-state index >= 15 is 0 Å². The Balaban J connectivity index is 2.09. The summed E-state index contributed by atoms with van der Waals surface area (Å²) in [5.41, 5.74) is 2.67. The third-order valence-electron chi connectivity index (χ3n) is 3.93. The predicted octanol–water partition coefficient (Wildman–Crippen LogP) is 4.69. The molecule has 6 heteroatoms. The zero-order valence-corrected chi connectivity index (χ0v) is 16.1. The Labute approximate surface area is 155 Å². The molecule has 0 aliphatic rings. The Bertz CT molecular complexity index is 747. The van der Waals surface area contributed by atoms with E-state index in [-0.39, 0.29) is 0 Å². The second-order valence-corrected chi connectivity index (χ2v) is 6.93. The molecule has 0 radical (unpaired) electrons. The second-order valence-electron chi connectivity index (χ2n) is 6.93. The van der Waals surface area contributed by atoms with Crippen LogP contribution in [0.1, 0.15) is 32.8 Å². The summed E-state index contributed by atoms with van der Waals surface area (Å²) in [6.45, 7) is 9.32. The summed E-state index contributed by atoms with van der Waals surface area (Å²) in [5.74, 6) is 2.37. The molecule has 26 heavy (non-hydrogen) atoms. The molecule has 0 aliphatic heterocycles. The summed E-state index contributed by atoms with van der Waals surface area (Å²) in [6.07, 6.45) is 3.95. The van der Waals surface area contributed by atoms with Crippen molar-refractivity contribution in [3.63, 3.8) is 0 Å². The summed E-state index contributed by atoms with van der Waals surface area (Å²) in [7, 11) is 1.31. The van der Waals surface area contributed by atoms with Gasteiger partial charge in [0.2, 0.25) is 0 Å². The predicted molar refractivity (Wildman–Crippen MR) is 102 cm³/mol. The number of aryl methyl sites for hydroxylation is 1. The monoisotopic (exact) mass is 357 g/mol. The van der Waals surface area contributed by atoms with Gasteiger partial charge in [-0.1, -0.05) is 20.8 Å². The van der Waals surface area contributed by atoms with Gasteiger partial charge in [-0.05, 0) is 48.9 Å². The minimum absolute atomic E-state index is 0.414. The minimum Gasteiger partial charge on any atom is -0.491 e. The van der Waals surface area contributed by atoms with E-state index in [9.17, 15) is 4.79 Å². The van der Waals surface area contributed by atoms with Gasteiger partial charge in [0.15, 0.2) is 0 Å². The molecule has 2 heterocycles. The number of pyridine rings is 2. The first-order chi connectivity index (χ1) is 12.4. The van der Waals surface area contributed by atoms with E-state index in [1.807, 2.05) is 19.1 Å². The van der Waals surface area contributed by atoms with Crippen molar-refractivity contribution in [2.75, 3.05) is 19.0 Å². The van der Waals surface area contributed by atoms with Crippen molar-refractivity contribution in [2.24, 2.45) is 11.8 Å². The van der Waals surface area contributed by atoms with E-state index in [0.717, 1.165) is 29.0 Å². The van der Waals surface area contributed by atoms with Gasteiger partial charge in [-0.15, -0.1) is 0 Å². The quantitative estimate of drug-likeness (QED) is 0.778. The molecule has 0 aliphatic carbocycles. The number of anilines is 1. The Hall–Kier alpha value is -2.63. The molecule has 2 aromatic rings.